The highest BCUT2D eigenvalue weighted by Crippen LogP contribution is 2.64. The first-order valence-electron chi connectivity index (χ1n) is 7.22. The van der Waals surface area contributed by atoms with Gasteiger partial charge in [0, 0.05) is 11.3 Å². The number of ketones is 1. The van der Waals surface area contributed by atoms with Crippen molar-refractivity contribution in [1.29, 1.82) is 0 Å². The minimum atomic E-state index is -1.49. The van der Waals surface area contributed by atoms with E-state index in [4.69, 9.17) is 4.74 Å². The van der Waals surface area contributed by atoms with Crippen LogP contribution in [0.4, 0.5) is 0 Å². The Hall–Kier alpha value is -1.49. The van der Waals surface area contributed by atoms with Crippen LogP contribution in [0.2, 0.25) is 0 Å². The van der Waals surface area contributed by atoms with Gasteiger partial charge in [-0.3, -0.25) is 13.8 Å². The van der Waals surface area contributed by atoms with Crippen molar-refractivity contribution in [3.05, 3.63) is 29.8 Å². The van der Waals surface area contributed by atoms with Gasteiger partial charge in [0.15, 0.2) is 5.78 Å². The van der Waals surface area contributed by atoms with Gasteiger partial charge in [-0.25, -0.2) is 0 Å². The Kier molecular flexibility index (Phi) is 3.48. The van der Waals surface area contributed by atoms with Crippen LogP contribution in [0, 0.1) is 18.8 Å². The Labute approximate surface area is 126 Å². The molecule has 4 atom stereocenters. The summed E-state index contributed by atoms with van der Waals surface area (Å²) in [4.78, 5) is 25.0. The number of benzene rings is 1. The van der Waals surface area contributed by atoms with E-state index in [0.29, 0.717) is 17.7 Å². The molecular formula is C16H18O4S. The van der Waals surface area contributed by atoms with Crippen LogP contribution in [0.3, 0.4) is 0 Å². The summed E-state index contributed by atoms with van der Waals surface area (Å²) in [7, 11) is -1.49. The number of esters is 1. The number of carbonyl (C=O) groups excluding carboxylic acids is 2. The van der Waals surface area contributed by atoms with E-state index in [1.165, 1.54) is 0 Å². The smallest absolute Gasteiger partial charge is 0.311 e. The van der Waals surface area contributed by atoms with E-state index in [9.17, 15) is 13.8 Å². The van der Waals surface area contributed by atoms with Crippen molar-refractivity contribution in [3.8, 4) is 0 Å². The van der Waals surface area contributed by atoms with Gasteiger partial charge in [-0.1, -0.05) is 17.7 Å². The summed E-state index contributed by atoms with van der Waals surface area (Å²) in [6.07, 6.45) is 1.05. The number of aryl methyl sites for hydroxylation is 1. The van der Waals surface area contributed by atoms with Gasteiger partial charge in [-0.05, 0) is 38.3 Å². The highest BCUT2D eigenvalue weighted by atomic mass is 32.2. The summed E-state index contributed by atoms with van der Waals surface area (Å²) in [5.41, 5.74) is 1.07. The Bertz CT molecular complexity index is 622. The van der Waals surface area contributed by atoms with Gasteiger partial charge in [0.25, 0.3) is 0 Å². The number of ether oxygens (including phenoxy) is 1. The van der Waals surface area contributed by atoms with Crippen molar-refractivity contribution in [1.82, 2.24) is 0 Å². The molecule has 5 heteroatoms. The molecule has 0 aliphatic heterocycles. The molecule has 0 heterocycles. The molecule has 0 bridgehead atoms. The van der Waals surface area contributed by atoms with E-state index in [0.717, 1.165) is 5.56 Å². The van der Waals surface area contributed by atoms with Crippen molar-refractivity contribution < 1.29 is 18.5 Å². The largest absolute Gasteiger partial charge is 0.466 e. The number of hydrogen-bond acceptors (Lipinski definition) is 4. The maximum Gasteiger partial charge on any atom is 0.311 e. The number of rotatable bonds is 4. The maximum atomic E-state index is 12.9. The molecular weight excluding hydrogens is 288 g/mol. The Morgan fingerprint density at radius 2 is 2.05 bits per heavy atom. The molecule has 21 heavy (non-hydrogen) atoms. The van der Waals surface area contributed by atoms with E-state index in [1.54, 1.807) is 19.1 Å². The van der Waals surface area contributed by atoms with E-state index >= 15 is 0 Å². The average molecular weight is 306 g/mol. The summed E-state index contributed by atoms with van der Waals surface area (Å²) >= 11 is 0. The summed E-state index contributed by atoms with van der Waals surface area (Å²) < 4.78 is 17.0. The molecule has 0 spiro atoms. The first kappa shape index (κ1) is 14.4. The van der Waals surface area contributed by atoms with Gasteiger partial charge in [-0.15, -0.1) is 0 Å². The highest BCUT2D eigenvalue weighted by Gasteiger charge is 2.79. The third-order valence-electron chi connectivity index (χ3n) is 4.51. The number of Topliss-reactive ketones (excluding diaryl/α,β-unsaturated/α-hetero) is 1. The molecule has 2 aliphatic rings. The summed E-state index contributed by atoms with van der Waals surface area (Å²) in [6, 6.07) is 7.31. The molecule has 0 aromatic heterocycles. The van der Waals surface area contributed by atoms with E-state index in [-0.39, 0.29) is 24.3 Å². The van der Waals surface area contributed by atoms with Crippen LogP contribution in [-0.4, -0.2) is 27.3 Å². The Morgan fingerprint density at radius 1 is 1.38 bits per heavy atom. The van der Waals surface area contributed by atoms with E-state index in [2.05, 4.69) is 0 Å². The van der Waals surface area contributed by atoms with Crippen LogP contribution in [0.15, 0.2) is 29.2 Å². The zero-order valence-corrected chi connectivity index (χ0v) is 12.9. The lowest BCUT2D eigenvalue weighted by molar-refractivity contribution is -0.146. The van der Waals surface area contributed by atoms with Gasteiger partial charge in [-0.2, -0.15) is 0 Å². The molecule has 0 unspecified atom stereocenters. The zero-order valence-electron chi connectivity index (χ0n) is 12.1. The van der Waals surface area contributed by atoms with Crippen LogP contribution < -0.4 is 0 Å². The molecule has 112 valence electrons. The normalized spacial score (nSPS) is 31.6. The highest BCUT2D eigenvalue weighted by molar-refractivity contribution is 7.87. The first-order chi connectivity index (χ1) is 10.0. The summed E-state index contributed by atoms with van der Waals surface area (Å²) in [5, 5.41) is 0. The number of fused-ring (bicyclic) bond motifs is 1. The van der Waals surface area contributed by atoms with Gasteiger partial charge >= 0.3 is 5.97 Å². The monoisotopic (exact) mass is 306 g/mol. The van der Waals surface area contributed by atoms with Crippen molar-refractivity contribution in [2.24, 2.45) is 11.8 Å². The second kappa shape index (κ2) is 5.05. The Balaban J connectivity index is 1.94. The zero-order chi connectivity index (χ0) is 15.2. The molecule has 0 N–H and O–H groups in total. The van der Waals surface area contributed by atoms with Gasteiger partial charge in [0.2, 0.25) is 0 Å². The van der Waals surface area contributed by atoms with Crippen LogP contribution in [0.25, 0.3) is 0 Å². The third-order valence-corrected chi connectivity index (χ3v) is 6.60. The van der Waals surface area contributed by atoms with Gasteiger partial charge in [0.1, 0.15) is 4.75 Å². The number of carbonyl (C=O) groups is 2. The molecule has 4 nitrogen and oxygen atoms in total. The predicted octanol–water partition coefficient (Wildman–Crippen LogP) is 2.01. The molecule has 0 saturated heterocycles. The molecule has 1 aromatic rings. The lowest BCUT2D eigenvalue weighted by Gasteiger charge is -2.13. The van der Waals surface area contributed by atoms with Gasteiger partial charge < -0.3 is 4.74 Å². The van der Waals surface area contributed by atoms with Gasteiger partial charge in [0.05, 0.1) is 23.3 Å². The summed E-state index contributed by atoms with van der Waals surface area (Å²) in [5.74, 6) is -1.08. The Morgan fingerprint density at radius 3 is 2.67 bits per heavy atom. The average Bonchev–Trinajstić information content (AvgIpc) is 3.04. The van der Waals surface area contributed by atoms with Crippen LogP contribution in [-0.2, 0) is 25.1 Å². The van der Waals surface area contributed by atoms with Crippen LogP contribution in [0.1, 0.15) is 25.3 Å². The second-order valence-corrected chi connectivity index (χ2v) is 7.36. The van der Waals surface area contributed by atoms with Crippen molar-refractivity contribution in [2.75, 3.05) is 6.61 Å². The SMILES string of the molecule is CCOC(=O)[C@H]1[C@@H]2CCC(=O)[C@@]21[S@@](=O)c1ccc(C)cc1. The quantitative estimate of drug-likeness (QED) is 0.798. The molecule has 3 rings (SSSR count). The molecule has 0 amide bonds. The van der Waals surface area contributed by atoms with E-state index in [1.807, 2.05) is 19.1 Å². The van der Waals surface area contributed by atoms with Crippen molar-refractivity contribution in [3.63, 3.8) is 0 Å². The van der Waals surface area contributed by atoms with Crippen molar-refractivity contribution in [2.45, 2.75) is 36.3 Å². The van der Waals surface area contributed by atoms with E-state index < -0.39 is 21.5 Å². The fourth-order valence-electron chi connectivity index (χ4n) is 3.46. The minimum absolute atomic E-state index is 0.0514. The minimum Gasteiger partial charge on any atom is -0.466 e. The lowest BCUT2D eigenvalue weighted by atomic mass is 10.1. The maximum absolute atomic E-state index is 12.9. The second-order valence-electron chi connectivity index (χ2n) is 5.67. The fourth-order valence-corrected chi connectivity index (χ4v) is 5.50. The fraction of sp³-hybridized carbons (Fsp3) is 0.500. The molecule has 1 aromatic carbocycles. The molecule has 2 aliphatic carbocycles. The van der Waals surface area contributed by atoms with Crippen LogP contribution in [0.5, 0.6) is 0 Å². The standard InChI is InChI=1S/C16H18O4S/c1-3-20-15(18)14-12-8-9-13(17)16(12,14)21(19)11-6-4-10(2)5-7-11/h4-7,12,14H,3,8-9H2,1-2H3/t12-,14+,16-,21-/m0/s1. The predicted molar refractivity (Wildman–Crippen MR) is 78.2 cm³/mol. The molecule has 0 radical (unpaired) electrons. The van der Waals surface area contributed by atoms with Crippen LogP contribution >= 0.6 is 0 Å². The van der Waals surface area contributed by atoms with Crippen molar-refractivity contribution >= 4 is 22.6 Å². The summed E-state index contributed by atoms with van der Waals surface area (Å²) in [6.45, 7) is 3.97. The third kappa shape index (κ3) is 1.98. The molecule has 2 saturated carbocycles. The first-order valence-corrected chi connectivity index (χ1v) is 8.37. The number of hydrogen-bond donors (Lipinski definition) is 0. The molecule has 2 fully saturated rings. The topological polar surface area (TPSA) is 60.4 Å². The lowest BCUT2D eigenvalue weighted by Crippen LogP contribution is -2.32.